The molecular formula is C21H14F3N5OS2. The third-order valence-electron chi connectivity index (χ3n) is 4.16. The highest BCUT2D eigenvalue weighted by atomic mass is 32.1. The molecule has 0 N–H and O–H groups in total. The molecule has 0 radical (unpaired) electrons. The number of Topliss-reactive ketones (excluding diaryl/α,β-unsaturated/α-hetero) is 1. The summed E-state index contributed by atoms with van der Waals surface area (Å²) in [5.41, 5.74) is 1.17. The van der Waals surface area contributed by atoms with Crippen LogP contribution in [-0.4, -0.2) is 10.8 Å². The number of carbonyl (C=O) groups is 1. The van der Waals surface area contributed by atoms with Gasteiger partial charge in [-0.2, -0.15) is 13.2 Å². The molecule has 2 aromatic carbocycles. The van der Waals surface area contributed by atoms with Crippen molar-refractivity contribution in [2.75, 3.05) is 0 Å². The number of rotatable bonds is 6. The van der Waals surface area contributed by atoms with Crippen LogP contribution in [0.1, 0.15) is 18.1 Å². The van der Waals surface area contributed by atoms with E-state index in [1.165, 1.54) is 34.8 Å². The minimum Gasteiger partial charge on any atom is -0.300 e. The van der Waals surface area contributed by atoms with Gasteiger partial charge in [-0.25, -0.2) is 4.98 Å². The van der Waals surface area contributed by atoms with Crippen molar-refractivity contribution in [1.82, 2.24) is 4.98 Å². The Morgan fingerprint density at radius 2 is 1.53 bits per heavy atom. The third kappa shape index (κ3) is 5.48. The van der Waals surface area contributed by atoms with Crippen LogP contribution in [0.15, 0.2) is 75.1 Å². The zero-order valence-corrected chi connectivity index (χ0v) is 18.1. The molecule has 11 heteroatoms. The third-order valence-corrected chi connectivity index (χ3v) is 6.09. The van der Waals surface area contributed by atoms with Gasteiger partial charge >= 0.3 is 6.18 Å². The lowest BCUT2D eigenvalue weighted by Crippen LogP contribution is -2.03. The molecule has 0 aliphatic rings. The van der Waals surface area contributed by atoms with Crippen molar-refractivity contribution in [1.29, 1.82) is 0 Å². The largest absolute Gasteiger partial charge is 0.416 e. The molecule has 162 valence electrons. The molecule has 2 heterocycles. The van der Waals surface area contributed by atoms with Gasteiger partial charge in [0.2, 0.25) is 5.13 Å². The number of aromatic nitrogens is 1. The second-order valence-corrected chi connectivity index (χ2v) is 8.76. The van der Waals surface area contributed by atoms with Gasteiger partial charge in [0.15, 0.2) is 0 Å². The fourth-order valence-corrected chi connectivity index (χ4v) is 4.55. The summed E-state index contributed by atoms with van der Waals surface area (Å²) >= 11 is 2.64. The lowest BCUT2D eigenvalue weighted by Gasteiger charge is -2.05. The average Bonchev–Trinajstić information content (AvgIpc) is 3.29. The lowest BCUT2D eigenvalue weighted by atomic mass is 10.1. The number of thiazole rings is 1. The quantitative estimate of drug-likeness (QED) is 0.264. The Morgan fingerprint density at radius 3 is 2.12 bits per heavy atom. The van der Waals surface area contributed by atoms with Crippen LogP contribution in [0.2, 0.25) is 0 Å². The normalized spacial score (nSPS) is 12.4. The molecular weight excluding hydrogens is 459 g/mol. The maximum Gasteiger partial charge on any atom is 0.416 e. The van der Waals surface area contributed by atoms with E-state index in [2.05, 4.69) is 25.4 Å². The van der Waals surface area contributed by atoms with Gasteiger partial charge in [0.1, 0.15) is 15.6 Å². The lowest BCUT2D eigenvalue weighted by molar-refractivity contribution is -0.137. The maximum absolute atomic E-state index is 12.6. The van der Waals surface area contributed by atoms with E-state index in [0.29, 0.717) is 27.9 Å². The summed E-state index contributed by atoms with van der Waals surface area (Å²) in [6.07, 6.45) is -3.99. The number of hydrogen-bond donors (Lipinski definition) is 0. The van der Waals surface area contributed by atoms with Crippen LogP contribution in [0.3, 0.4) is 0 Å². The first kappa shape index (κ1) is 21.9. The van der Waals surface area contributed by atoms with E-state index in [1.807, 2.05) is 12.1 Å². The van der Waals surface area contributed by atoms with E-state index in [1.54, 1.807) is 25.1 Å². The molecule has 2 aromatic heterocycles. The van der Waals surface area contributed by atoms with Gasteiger partial charge in [-0.3, -0.25) is 4.79 Å². The summed E-state index contributed by atoms with van der Waals surface area (Å²) in [6, 6.07) is 13.5. The number of fused-ring (bicyclic) bond motifs is 1. The Hall–Kier alpha value is -3.31. The zero-order valence-electron chi connectivity index (χ0n) is 16.5. The molecule has 0 spiro atoms. The Kier molecular flexibility index (Phi) is 6.19. The molecule has 0 unspecified atom stereocenters. The SMILES string of the molecule is CC(=O)Cc1ccc(N=Nc2nc3sc(N=Nc4ccc(C(F)(F)F)cc4)cc3s2)cc1. The minimum atomic E-state index is -4.38. The summed E-state index contributed by atoms with van der Waals surface area (Å²) in [5.74, 6) is 0.0977. The first-order valence-corrected chi connectivity index (χ1v) is 10.9. The van der Waals surface area contributed by atoms with E-state index >= 15 is 0 Å². The summed E-state index contributed by atoms with van der Waals surface area (Å²) < 4.78 is 38.7. The second kappa shape index (κ2) is 9.05. The summed E-state index contributed by atoms with van der Waals surface area (Å²) in [4.78, 5) is 16.3. The van der Waals surface area contributed by atoms with Gasteiger partial charge in [0, 0.05) is 6.42 Å². The van der Waals surface area contributed by atoms with Crippen molar-refractivity contribution in [2.45, 2.75) is 19.5 Å². The van der Waals surface area contributed by atoms with Gasteiger partial charge in [-0.05, 0) is 55.0 Å². The average molecular weight is 474 g/mol. The van der Waals surface area contributed by atoms with E-state index in [9.17, 15) is 18.0 Å². The summed E-state index contributed by atoms with van der Waals surface area (Å²) in [7, 11) is 0. The number of ketones is 1. The number of alkyl halides is 3. The smallest absolute Gasteiger partial charge is 0.300 e. The van der Waals surface area contributed by atoms with Gasteiger partial charge in [-0.15, -0.1) is 20.5 Å². The number of benzene rings is 2. The van der Waals surface area contributed by atoms with E-state index < -0.39 is 11.7 Å². The Balaban J connectivity index is 1.42. The van der Waals surface area contributed by atoms with Gasteiger partial charge in [0.25, 0.3) is 0 Å². The molecule has 4 aromatic rings. The second-order valence-electron chi connectivity index (χ2n) is 6.74. The number of thiophene rings is 1. The first-order valence-electron chi connectivity index (χ1n) is 9.26. The van der Waals surface area contributed by atoms with Gasteiger partial charge in [0.05, 0.1) is 21.6 Å². The monoisotopic (exact) mass is 473 g/mol. The van der Waals surface area contributed by atoms with Crippen LogP contribution >= 0.6 is 22.7 Å². The van der Waals surface area contributed by atoms with Crippen molar-refractivity contribution in [3.63, 3.8) is 0 Å². The van der Waals surface area contributed by atoms with Crippen molar-refractivity contribution < 1.29 is 18.0 Å². The standard InChI is InChI=1S/C21H14F3N5OS2/c1-12(30)10-13-2-6-15(7-3-13)27-29-20-25-19-17(31-20)11-18(32-19)28-26-16-8-4-14(5-9-16)21(22,23)24/h2-9,11H,10H2,1H3. The molecule has 32 heavy (non-hydrogen) atoms. The van der Waals surface area contributed by atoms with E-state index in [0.717, 1.165) is 27.2 Å². The highest BCUT2D eigenvalue weighted by Crippen LogP contribution is 2.39. The fourth-order valence-electron chi connectivity index (χ4n) is 2.70. The molecule has 0 saturated carbocycles. The molecule has 0 atom stereocenters. The molecule has 0 fully saturated rings. The van der Waals surface area contributed by atoms with Gasteiger partial charge in [-0.1, -0.05) is 34.8 Å². The van der Waals surface area contributed by atoms with Crippen molar-refractivity contribution in [3.8, 4) is 0 Å². The number of carbonyl (C=O) groups excluding carboxylic acids is 1. The number of nitrogens with zero attached hydrogens (tertiary/aromatic N) is 5. The molecule has 0 saturated heterocycles. The number of azo groups is 2. The molecule has 0 amide bonds. The molecule has 0 aliphatic carbocycles. The predicted octanol–water partition coefficient (Wildman–Crippen LogP) is 8.34. The molecule has 4 rings (SSSR count). The molecule has 6 nitrogen and oxygen atoms in total. The van der Waals surface area contributed by atoms with Crippen LogP contribution in [0, 0.1) is 0 Å². The summed E-state index contributed by atoms with van der Waals surface area (Å²) in [5, 5.41) is 17.5. The van der Waals surface area contributed by atoms with Crippen LogP contribution in [0.5, 0.6) is 0 Å². The van der Waals surface area contributed by atoms with Crippen molar-refractivity contribution in [3.05, 3.63) is 65.7 Å². The van der Waals surface area contributed by atoms with Gasteiger partial charge < -0.3 is 0 Å². The van der Waals surface area contributed by atoms with Crippen LogP contribution < -0.4 is 0 Å². The van der Waals surface area contributed by atoms with Crippen molar-refractivity contribution in [2.24, 2.45) is 20.5 Å². The number of halogens is 3. The Morgan fingerprint density at radius 1 is 0.906 bits per heavy atom. The summed E-state index contributed by atoms with van der Waals surface area (Å²) in [6.45, 7) is 1.54. The number of hydrogen-bond acceptors (Lipinski definition) is 8. The van der Waals surface area contributed by atoms with E-state index in [-0.39, 0.29) is 5.78 Å². The Labute approximate surface area is 188 Å². The fraction of sp³-hybridized carbons (Fsp3) is 0.143. The highest BCUT2D eigenvalue weighted by Gasteiger charge is 2.29. The highest BCUT2D eigenvalue weighted by molar-refractivity contribution is 7.30. The molecule has 0 bridgehead atoms. The topological polar surface area (TPSA) is 79.4 Å². The zero-order chi connectivity index (χ0) is 22.7. The first-order chi connectivity index (χ1) is 15.3. The maximum atomic E-state index is 12.6. The van der Waals surface area contributed by atoms with Crippen molar-refractivity contribution >= 4 is 59.5 Å². The Bertz CT molecular complexity index is 1270. The van der Waals surface area contributed by atoms with Crippen LogP contribution in [0.25, 0.3) is 9.53 Å². The van der Waals surface area contributed by atoms with Crippen LogP contribution in [-0.2, 0) is 17.4 Å². The van der Waals surface area contributed by atoms with E-state index in [4.69, 9.17) is 0 Å². The minimum absolute atomic E-state index is 0.0977. The predicted molar refractivity (Wildman–Crippen MR) is 118 cm³/mol. The molecule has 0 aliphatic heterocycles. The van der Waals surface area contributed by atoms with Crippen LogP contribution in [0.4, 0.5) is 34.7 Å².